The number of hydrogen-bond donors (Lipinski definition) is 1. The summed E-state index contributed by atoms with van der Waals surface area (Å²) in [4.78, 5) is 1.22. The topological polar surface area (TPSA) is 50.1 Å². The summed E-state index contributed by atoms with van der Waals surface area (Å²) in [5, 5.41) is 12.9. The summed E-state index contributed by atoms with van der Waals surface area (Å²) in [6, 6.07) is 1.94. The first kappa shape index (κ1) is 14.2. The standard InChI is InChI=1S/C11H15N2O2S.ClH/c1-8-5-10(12-15-8)6-13-7-16-11(3-4-14)9(13)2;/h5,7,14H,3-4,6H2,1-2H3;1H/q+1;/p-1. The molecule has 0 aliphatic carbocycles. The van der Waals surface area contributed by atoms with Gasteiger partial charge in [-0.25, -0.2) is 0 Å². The van der Waals surface area contributed by atoms with Gasteiger partial charge in [-0.15, -0.1) is 0 Å². The van der Waals surface area contributed by atoms with Crippen molar-refractivity contribution in [3.05, 3.63) is 33.6 Å². The summed E-state index contributed by atoms with van der Waals surface area (Å²) in [7, 11) is 0. The number of halogens is 1. The number of aromatic nitrogens is 2. The molecule has 0 saturated heterocycles. The van der Waals surface area contributed by atoms with Crippen LogP contribution in [0.2, 0.25) is 0 Å². The maximum absolute atomic E-state index is 8.92. The zero-order valence-electron chi connectivity index (χ0n) is 9.81. The number of thiazole rings is 1. The second-order valence-corrected chi connectivity index (χ2v) is 4.70. The summed E-state index contributed by atoms with van der Waals surface area (Å²) in [6.07, 6.45) is 0.724. The Morgan fingerprint density at radius 3 is 2.82 bits per heavy atom. The molecule has 4 nitrogen and oxygen atoms in total. The van der Waals surface area contributed by atoms with Gasteiger partial charge < -0.3 is 22.0 Å². The van der Waals surface area contributed by atoms with Crippen LogP contribution in [0, 0.1) is 13.8 Å². The second kappa shape index (κ2) is 6.14. The van der Waals surface area contributed by atoms with Crippen LogP contribution < -0.4 is 17.0 Å². The molecule has 0 atom stereocenters. The first-order chi connectivity index (χ1) is 7.70. The average molecular weight is 275 g/mol. The lowest BCUT2D eigenvalue weighted by Crippen LogP contribution is -3.00. The van der Waals surface area contributed by atoms with Crippen molar-refractivity contribution in [3.63, 3.8) is 0 Å². The van der Waals surface area contributed by atoms with Gasteiger partial charge in [0.15, 0.2) is 12.2 Å². The molecular weight excluding hydrogens is 260 g/mol. The fourth-order valence-corrected chi connectivity index (χ4v) is 2.60. The van der Waals surface area contributed by atoms with Crippen LogP contribution in [-0.2, 0) is 13.0 Å². The highest BCUT2D eigenvalue weighted by atomic mass is 35.5. The summed E-state index contributed by atoms with van der Waals surface area (Å²) in [5.74, 6) is 0.832. The summed E-state index contributed by atoms with van der Waals surface area (Å²) in [6.45, 7) is 4.88. The highest BCUT2D eigenvalue weighted by Crippen LogP contribution is 2.12. The third kappa shape index (κ3) is 3.28. The van der Waals surface area contributed by atoms with Crippen molar-refractivity contribution in [2.24, 2.45) is 0 Å². The fraction of sp³-hybridized carbons (Fsp3) is 0.455. The Labute approximate surface area is 110 Å². The van der Waals surface area contributed by atoms with Gasteiger partial charge in [-0.05, 0) is 6.92 Å². The van der Waals surface area contributed by atoms with Crippen LogP contribution in [0.3, 0.4) is 0 Å². The second-order valence-electron chi connectivity index (χ2n) is 3.76. The zero-order chi connectivity index (χ0) is 11.5. The maximum Gasteiger partial charge on any atom is 0.225 e. The molecule has 2 heterocycles. The molecule has 1 N–H and O–H groups in total. The Morgan fingerprint density at radius 1 is 1.47 bits per heavy atom. The van der Waals surface area contributed by atoms with Gasteiger partial charge in [0.05, 0.1) is 4.88 Å². The molecule has 0 bridgehead atoms. The molecule has 0 radical (unpaired) electrons. The Bertz CT molecular complexity index is 482. The van der Waals surface area contributed by atoms with Gasteiger partial charge in [0.1, 0.15) is 11.5 Å². The van der Waals surface area contributed by atoms with E-state index in [-0.39, 0.29) is 19.0 Å². The average Bonchev–Trinajstić information content (AvgIpc) is 2.80. The van der Waals surface area contributed by atoms with E-state index in [2.05, 4.69) is 22.2 Å². The molecule has 94 valence electrons. The predicted molar refractivity (Wildman–Crippen MR) is 60.4 cm³/mol. The van der Waals surface area contributed by atoms with E-state index in [1.54, 1.807) is 11.3 Å². The van der Waals surface area contributed by atoms with Crippen LogP contribution in [0.25, 0.3) is 0 Å². The molecule has 0 amide bonds. The van der Waals surface area contributed by atoms with Gasteiger partial charge in [-0.1, -0.05) is 16.5 Å². The molecule has 0 saturated carbocycles. The molecule has 0 aromatic carbocycles. The van der Waals surface area contributed by atoms with Gasteiger partial charge in [-0.3, -0.25) is 0 Å². The van der Waals surface area contributed by atoms with Crippen LogP contribution in [0.15, 0.2) is 16.1 Å². The molecule has 2 aromatic heterocycles. The van der Waals surface area contributed by atoms with E-state index in [9.17, 15) is 0 Å². The number of hydrogen-bond acceptors (Lipinski definition) is 4. The van der Waals surface area contributed by atoms with Crippen LogP contribution >= 0.6 is 11.3 Å². The Balaban J connectivity index is 0.00000144. The van der Waals surface area contributed by atoms with Crippen LogP contribution in [0.1, 0.15) is 22.0 Å². The number of aliphatic hydroxyl groups excluding tert-OH is 1. The van der Waals surface area contributed by atoms with Crippen molar-refractivity contribution in [2.45, 2.75) is 26.8 Å². The highest BCUT2D eigenvalue weighted by Gasteiger charge is 2.16. The molecule has 0 aliphatic rings. The molecule has 6 heteroatoms. The quantitative estimate of drug-likeness (QED) is 0.672. The lowest BCUT2D eigenvalue weighted by molar-refractivity contribution is -0.690. The largest absolute Gasteiger partial charge is 1.00 e. The molecule has 2 aromatic rings. The number of nitrogens with zero attached hydrogens (tertiary/aromatic N) is 2. The van der Waals surface area contributed by atoms with E-state index in [4.69, 9.17) is 9.63 Å². The van der Waals surface area contributed by atoms with Crippen molar-refractivity contribution in [1.82, 2.24) is 5.16 Å². The lowest BCUT2D eigenvalue weighted by Gasteiger charge is -1.93. The van der Waals surface area contributed by atoms with E-state index in [0.29, 0.717) is 0 Å². The number of aryl methyl sites for hydroxylation is 1. The van der Waals surface area contributed by atoms with Crippen molar-refractivity contribution in [2.75, 3.05) is 6.61 Å². The molecule has 0 fully saturated rings. The zero-order valence-corrected chi connectivity index (χ0v) is 11.4. The Hall–Kier alpha value is -0.910. The third-order valence-electron chi connectivity index (χ3n) is 2.50. The molecule has 0 spiro atoms. The molecule has 0 aliphatic heterocycles. The minimum Gasteiger partial charge on any atom is -1.00 e. The van der Waals surface area contributed by atoms with Crippen molar-refractivity contribution < 1.29 is 26.6 Å². The van der Waals surface area contributed by atoms with Gasteiger partial charge in [-0.2, -0.15) is 4.57 Å². The van der Waals surface area contributed by atoms with Crippen LogP contribution in [0.5, 0.6) is 0 Å². The van der Waals surface area contributed by atoms with Gasteiger partial charge >= 0.3 is 0 Å². The first-order valence-electron chi connectivity index (χ1n) is 5.20. The van der Waals surface area contributed by atoms with E-state index in [0.717, 1.165) is 24.4 Å². The van der Waals surface area contributed by atoms with Gasteiger partial charge in [0.25, 0.3) is 0 Å². The summed E-state index contributed by atoms with van der Waals surface area (Å²) in [5.41, 5.74) is 4.18. The normalized spacial score (nSPS) is 10.3. The van der Waals surface area contributed by atoms with E-state index < -0.39 is 0 Å². The van der Waals surface area contributed by atoms with Crippen molar-refractivity contribution in [3.8, 4) is 0 Å². The summed E-state index contributed by atoms with van der Waals surface area (Å²) >= 11 is 1.67. The van der Waals surface area contributed by atoms with Crippen LogP contribution in [0.4, 0.5) is 0 Å². The minimum atomic E-state index is 0. The first-order valence-corrected chi connectivity index (χ1v) is 6.08. The molecule has 2 rings (SSSR count). The highest BCUT2D eigenvalue weighted by molar-refractivity contribution is 7.09. The monoisotopic (exact) mass is 274 g/mol. The maximum atomic E-state index is 8.92. The van der Waals surface area contributed by atoms with Gasteiger partial charge in [0, 0.05) is 26.0 Å². The number of aliphatic hydroxyl groups is 1. The Kier molecular flexibility index (Phi) is 5.11. The summed E-state index contributed by atoms with van der Waals surface area (Å²) < 4.78 is 7.16. The SMILES string of the molecule is Cc1cc(C[n+]2csc(CCO)c2C)no1.[Cl-]. The van der Waals surface area contributed by atoms with E-state index >= 15 is 0 Å². The van der Waals surface area contributed by atoms with E-state index in [1.165, 1.54) is 10.6 Å². The van der Waals surface area contributed by atoms with E-state index in [1.807, 2.05) is 13.0 Å². The molecular formula is C11H15ClN2O2S. The van der Waals surface area contributed by atoms with Crippen molar-refractivity contribution in [1.29, 1.82) is 0 Å². The Morgan fingerprint density at radius 2 is 2.24 bits per heavy atom. The van der Waals surface area contributed by atoms with Crippen LogP contribution in [-0.4, -0.2) is 16.9 Å². The van der Waals surface area contributed by atoms with Crippen molar-refractivity contribution >= 4 is 11.3 Å². The fourth-order valence-electron chi connectivity index (χ4n) is 1.62. The third-order valence-corrected chi connectivity index (χ3v) is 3.65. The molecule has 17 heavy (non-hydrogen) atoms. The lowest BCUT2D eigenvalue weighted by atomic mass is 10.3. The minimum absolute atomic E-state index is 0. The molecule has 0 unspecified atom stereocenters. The smallest absolute Gasteiger partial charge is 0.225 e. The van der Waals surface area contributed by atoms with Gasteiger partial charge in [0.2, 0.25) is 5.51 Å². The predicted octanol–water partition coefficient (Wildman–Crippen LogP) is -1.77. The number of rotatable bonds is 4.